The smallest absolute Gasteiger partial charge is 0.233 e. The molecule has 1 fully saturated rings. The number of H-pyrrole nitrogens is 1. The molecule has 3 heterocycles. The second kappa shape index (κ2) is 7.53. The van der Waals surface area contributed by atoms with Crippen LogP contribution in [-0.4, -0.2) is 49.2 Å². The number of rotatable bonds is 5. The molecule has 0 saturated carbocycles. The molecule has 0 spiro atoms. The van der Waals surface area contributed by atoms with Gasteiger partial charge >= 0.3 is 0 Å². The third kappa shape index (κ3) is 3.93. The van der Waals surface area contributed by atoms with E-state index in [2.05, 4.69) is 38.6 Å². The van der Waals surface area contributed by atoms with E-state index >= 15 is 0 Å². The maximum absolute atomic E-state index is 12.6. The maximum atomic E-state index is 12.6. The van der Waals surface area contributed by atoms with Crippen LogP contribution in [0.4, 0.5) is 0 Å². The largest absolute Gasteiger partial charge is 0.342 e. The van der Waals surface area contributed by atoms with E-state index in [0.29, 0.717) is 11.7 Å². The predicted octanol–water partition coefficient (Wildman–Crippen LogP) is 3.10. The number of nitrogens with one attached hydrogen (secondary N) is 1. The molecule has 1 atom stereocenters. The van der Waals surface area contributed by atoms with E-state index in [0.717, 1.165) is 48.7 Å². The lowest BCUT2D eigenvalue weighted by atomic mass is 9.98. The zero-order chi connectivity index (χ0) is 17.9. The van der Waals surface area contributed by atoms with E-state index in [1.54, 1.807) is 6.20 Å². The lowest BCUT2D eigenvalue weighted by Crippen LogP contribution is -2.41. The van der Waals surface area contributed by atoms with Crippen LogP contribution in [0.5, 0.6) is 0 Å². The molecule has 7 heteroatoms. The number of nitrogens with zero attached hydrogens (tertiary/aromatic N) is 4. The first kappa shape index (κ1) is 17.1. The van der Waals surface area contributed by atoms with Gasteiger partial charge in [-0.05, 0) is 43.4 Å². The summed E-state index contributed by atoms with van der Waals surface area (Å²) in [4.78, 5) is 26.6. The Balaban J connectivity index is 1.33. The summed E-state index contributed by atoms with van der Waals surface area (Å²) in [6, 6.07) is 6.15. The zero-order valence-corrected chi connectivity index (χ0v) is 15.7. The Bertz CT molecular complexity index is 889. The normalized spacial score (nSPS) is 17.7. The summed E-state index contributed by atoms with van der Waals surface area (Å²) in [5.41, 5.74) is 3.17. The van der Waals surface area contributed by atoms with Crippen molar-refractivity contribution >= 4 is 28.7 Å². The van der Waals surface area contributed by atoms with Gasteiger partial charge in [-0.3, -0.25) is 4.79 Å². The predicted molar refractivity (Wildman–Crippen MR) is 103 cm³/mol. The van der Waals surface area contributed by atoms with Gasteiger partial charge in [-0.15, -0.1) is 0 Å². The van der Waals surface area contributed by atoms with Crippen LogP contribution in [-0.2, 0) is 11.3 Å². The van der Waals surface area contributed by atoms with Crippen LogP contribution in [0.3, 0.4) is 0 Å². The molecule has 1 saturated heterocycles. The molecule has 1 aromatic carbocycles. The first-order valence-corrected chi connectivity index (χ1v) is 9.98. The summed E-state index contributed by atoms with van der Waals surface area (Å²) in [6.07, 6.45) is 7.87. The number of hydrogen-bond donors (Lipinski definition) is 1. The number of carbonyl (C=O) groups is 1. The van der Waals surface area contributed by atoms with Gasteiger partial charge in [-0.2, -0.15) is 0 Å². The molecule has 26 heavy (non-hydrogen) atoms. The molecule has 0 aliphatic carbocycles. The number of amides is 1. The lowest BCUT2D eigenvalue weighted by Gasteiger charge is -2.32. The van der Waals surface area contributed by atoms with Gasteiger partial charge in [0.15, 0.2) is 5.16 Å². The quantitative estimate of drug-likeness (QED) is 0.702. The van der Waals surface area contributed by atoms with E-state index in [1.807, 2.05) is 23.5 Å². The Kier molecular flexibility index (Phi) is 4.97. The van der Waals surface area contributed by atoms with Crippen molar-refractivity contribution in [3.63, 3.8) is 0 Å². The van der Waals surface area contributed by atoms with Crippen molar-refractivity contribution < 1.29 is 4.79 Å². The fourth-order valence-electron chi connectivity index (χ4n) is 3.52. The van der Waals surface area contributed by atoms with Crippen molar-refractivity contribution in [2.75, 3.05) is 18.8 Å². The molecule has 1 aliphatic rings. The van der Waals surface area contributed by atoms with Crippen molar-refractivity contribution in [2.45, 2.75) is 31.5 Å². The summed E-state index contributed by atoms with van der Waals surface area (Å²) in [6.45, 7) is 4.68. The lowest BCUT2D eigenvalue weighted by molar-refractivity contribution is -0.130. The van der Waals surface area contributed by atoms with Gasteiger partial charge in [-0.1, -0.05) is 17.8 Å². The molecule has 136 valence electrons. The third-order valence-corrected chi connectivity index (χ3v) is 5.71. The number of aromatic amines is 1. The molecule has 0 radical (unpaired) electrons. The highest BCUT2D eigenvalue weighted by Crippen LogP contribution is 2.23. The van der Waals surface area contributed by atoms with Crippen molar-refractivity contribution in [3.8, 4) is 0 Å². The van der Waals surface area contributed by atoms with Gasteiger partial charge in [0.25, 0.3) is 0 Å². The van der Waals surface area contributed by atoms with Crippen LogP contribution in [0.25, 0.3) is 11.0 Å². The Morgan fingerprint density at radius 1 is 1.42 bits per heavy atom. The van der Waals surface area contributed by atoms with Gasteiger partial charge in [0, 0.05) is 32.0 Å². The van der Waals surface area contributed by atoms with E-state index in [4.69, 9.17) is 0 Å². The fourth-order valence-corrected chi connectivity index (χ4v) is 4.31. The topological polar surface area (TPSA) is 66.8 Å². The van der Waals surface area contributed by atoms with E-state index in [9.17, 15) is 4.79 Å². The van der Waals surface area contributed by atoms with Crippen LogP contribution in [0.2, 0.25) is 0 Å². The van der Waals surface area contributed by atoms with Crippen molar-refractivity contribution in [2.24, 2.45) is 5.92 Å². The zero-order valence-electron chi connectivity index (χ0n) is 14.9. The van der Waals surface area contributed by atoms with E-state index in [1.165, 1.54) is 17.3 Å². The standard InChI is InChI=1S/C19H23N5OS/c1-14-4-5-16-17(9-14)22-19(21-16)26-12-18(25)24-7-2-3-15(11-24)10-23-8-6-20-13-23/h4-6,8-9,13,15H,2-3,7,10-12H2,1H3,(H,21,22). The molecule has 1 aliphatic heterocycles. The van der Waals surface area contributed by atoms with E-state index in [-0.39, 0.29) is 5.91 Å². The molecule has 0 bridgehead atoms. The van der Waals surface area contributed by atoms with Gasteiger partial charge in [0.05, 0.1) is 23.1 Å². The van der Waals surface area contributed by atoms with Crippen molar-refractivity contribution in [1.29, 1.82) is 0 Å². The number of likely N-dealkylation sites (tertiary alicyclic amines) is 1. The number of imidazole rings is 2. The van der Waals surface area contributed by atoms with Gasteiger partial charge in [0.1, 0.15) is 0 Å². The van der Waals surface area contributed by atoms with Crippen LogP contribution in [0, 0.1) is 12.8 Å². The number of hydrogen-bond acceptors (Lipinski definition) is 4. The highest BCUT2D eigenvalue weighted by atomic mass is 32.2. The maximum Gasteiger partial charge on any atom is 0.233 e. The van der Waals surface area contributed by atoms with Crippen LogP contribution >= 0.6 is 11.8 Å². The van der Waals surface area contributed by atoms with Crippen LogP contribution in [0.1, 0.15) is 18.4 Å². The molecular weight excluding hydrogens is 346 g/mol. The van der Waals surface area contributed by atoms with Crippen molar-refractivity contribution in [3.05, 3.63) is 42.5 Å². The first-order chi connectivity index (χ1) is 12.7. The molecule has 1 N–H and O–H groups in total. The van der Waals surface area contributed by atoms with Crippen LogP contribution in [0.15, 0.2) is 42.1 Å². The summed E-state index contributed by atoms with van der Waals surface area (Å²) in [5.74, 6) is 1.12. The Hall–Kier alpha value is -2.28. The molecule has 4 rings (SSSR count). The second-order valence-corrected chi connectivity index (χ2v) is 7.92. The molecule has 1 unspecified atom stereocenters. The number of aryl methyl sites for hydroxylation is 1. The van der Waals surface area contributed by atoms with Gasteiger partial charge in [-0.25, -0.2) is 9.97 Å². The SMILES string of the molecule is Cc1ccc2nc(SCC(=O)N3CCCC(Cn4ccnc4)C3)[nH]c2c1. The molecule has 6 nitrogen and oxygen atoms in total. The minimum absolute atomic E-state index is 0.196. The summed E-state index contributed by atoms with van der Waals surface area (Å²) in [5, 5.41) is 0.811. The highest BCUT2D eigenvalue weighted by molar-refractivity contribution is 7.99. The molecule has 1 amide bonds. The second-order valence-electron chi connectivity index (χ2n) is 6.96. The minimum atomic E-state index is 0.196. The number of aromatic nitrogens is 4. The van der Waals surface area contributed by atoms with Crippen molar-refractivity contribution in [1.82, 2.24) is 24.4 Å². The number of carbonyl (C=O) groups excluding carboxylic acids is 1. The van der Waals surface area contributed by atoms with Gasteiger partial charge in [0.2, 0.25) is 5.91 Å². The Morgan fingerprint density at radius 2 is 2.35 bits per heavy atom. The number of piperidine rings is 1. The summed E-state index contributed by atoms with van der Waals surface area (Å²) >= 11 is 1.49. The number of thioether (sulfide) groups is 1. The average Bonchev–Trinajstić information content (AvgIpc) is 3.28. The number of benzene rings is 1. The summed E-state index contributed by atoms with van der Waals surface area (Å²) < 4.78 is 2.10. The number of fused-ring (bicyclic) bond motifs is 1. The van der Waals surface area contributed by atoms with E-state index < -0.39 is 0 Å². The minimum Gasteiger partial charge on any atom is -0.342 e. The Morgan fingerprint density at radius 3 is 3.19 bits per heavy atom. The first-order valence-electron chi connectivity index (χ1n) is 9.00. The molecular formula is C19H23N5OS. The third-order valence-electron chi connectivity index (χ3n) is 4.85. The highest BCUT2D eigenvalue weighted by Gasteiger charge is 2.24. The monoisotopic (exact) mass is 369 g/mol. The molecule has 3 aromatic rings. The average molecular weight is 369 g/mol. The Labute approximate surface area is 157 Å². The van der Waals surface area contributed by atoms with Gasteiger partial charge < -0.3 is 14.5 Å². The van der Waals surface area contributed by atoms with Crippen LogP contribution < -0.4 is 0 Å². The fraction of sp³-hybridized carbons (Fsp3) is 0.421. The summed E-state index contributed by atoms with van der Waals surface area (Å²) in [7, 11) is 0. The molecule has 2 aromatic heterocycles.